The molecule has 0 fully saturated rings. The van der Waals surface area contributed by atoms with Crippen molar-refractivity contribution in [3.05, 3.63) is 87.3 Å². The molecule has 0 N–H and O–H groups in total. The van der Waals surface area contributed by atoms with Gasteiger partial charge in [-0.1, -0.05) is 42.0 Å². The molecule has 3 aromatic rings. The van der Waals surface area contributed by atoms with E-state index in [4.69, 9.17) is 9.15 Å². The molecule has 0 aliphatic carbocycles. The minimum absolute atomic E-state index is 0.166. The van der Waals surface area contributed by atoms with Crippen LogP contribution in [0.3, 0.4) is 0 Å². The zero-order chi connectivity index (χ0) is 18.7. The summed E-state index contributed by atoms with van der Waals surface area (Å²) in [4.78, 5) is 25.2. The summed E-state index contributed by atoms with van der Waals surface area (Å²) >= 11 is 0. The van der Waals surface area contributed by atoms with Crippen LogP contribution in [0.15, 0.2) is 63.8 Å². The minimum atomic E-state index is -0.491. The summed E-state index contributed by atoms with van der Waals surface area (Å²) in [5.41, 5.74) is 3.08. The van der Waals surface area contributed by atoms with Crippen LogP contribution in [0, 0.1) is 13.8 Å². The van der Waals surface area contributed by atoms with Crippen LogP contribution in [0.5, 0.6) is 0 Å². The van der Waals surface area contributed by atoms with Crippen LogP contribution in [0.2, 0.25) is 0 Å². The molecule has 1 aromatic heterocycles. The van der Waals surface area contributed by atoms with E-state index in [0.29, 0.717) is 27.9 Å². The van der Waals surface area contributed by atoms with E-state index in [1.807, 2.05) is 37.3 Å². The SMILES string of the molecule is CCOC(=O)/C=C(\c1ccc(C)cc1)c1c(C)oc2ccccc2c1=O. The second kappa shape index (κ2) is 7.40. The summed E-state index contributed by atoms with van der Waals surface area (Å²) in [5, 5.41) is 0.481. The summed E-state index contributed by atoms with van der Waals surface area (Å²) in [6, 6.07) is 14.7. The molecule has 0 saturated carbocycles. The van der Waals surface area contributed by atoms with Crippen LogP contribution in [0.4, 0.5) is 0 Å². The first-order chi connectivity index (χ1) is 12.5. The molecule has 0 unspecified atom stereocenters. The molecule has 0 bridgehead atoms. The maximum absolute atomic E-state index is 13.1. The van der Waals surface area contributed by atoms with Gasteiger partial charge in [-0.05, 0) is 38.5 Å². The van der Waals surface area contributed by atoms with E-state index in [9.17, 15) is 9.59 Å². The summed E-state index contributed by atoms with van der Waals surface area (Å²) in [6.45, 7) is 5.72. The number of hydrogen-bond acceptors (Lipinski definition) is 4. The maximum atomic E-state index is 13.1. The Labute approximate surface area is 151 Å². The lowest BCUT2D eigenvalue weighted by atomic mass is 9.95. The van der Waals surface area contributed by atoms with Gasteiger partial charge in [0.1, 0.15) is 11.3 Å². The van der Waals surface area contributed by atoms with E-state index in [0.717, 1.165) is 11.1 Å². The van der Waals surface area contributed by atoms with Crippen LogP contribution in [-0.4, -0.2) is 12.6 Å². The molecule has 0 aliphatic rings. The summed E-state index contributed by atoms with van der Waals surface area (Å²) in [5.74, 6) is -0.0279. The van der Waals surface area contributed by atoms with E-state index in [1.165, 1.54) is 6.08 Å². The fraction of sp³-hybridized carbons (Fsp3) is 0.182. The highest BCUT2D eigenvalue weighted by atomic mass is 16.5. The number of benzene rings is 2. The van der Waals surface area contributed by atoms with Gasteiger partial charge >= 0.3 is 5.97 Å². The monoisotopic (exact) mass is 348 g/mol. The highest BCUT2D eigenvalue weighted by Gasteiger charge is 2.18. The van der Waals surface area contributed by atoms with E-state index >= 15 is 0 Å². The van der Waals surface area contributed by atoms with Crippen molar-refractivity contribution in [2.24, 2.45) is 0 Å². The molecule has 0 amide bonds. The van der Waals surface area contributed by atoms with Gasteiger partial charge in [0.15, 0.2) is 0 Å². The molecule has 4 heteroatoms. The lowest BCUT2D eigenvalue weighted by Gasteiger charge is -2.12. The predicted octanol–water partition coefficient (Wildman–Crippen LogP) is 4.40. The number of ether oxygens (including phenoxy) is 1. The topological polar surface area (TPSA) is 56.5 Å². The van der Waals surface area contributed by atoms with Gasteiger partial charge in [0.2, 0.25) is 5.43 Å². The minimum Gasteiger partial charge on any atom is -0.463 e. The Bertz CT molecular complexity index is 1040. The molecule has 4 nitrogen and oxygen atoms in total. The highest BCUT2D eigenvalue weighted by Crippen LogP contribution is 2.27. The number of para-hydroxylation sites is 1. The molecular formula is C22H20O4. The molecule has 1 heterocycles. The van der Waals surface area contributed by atoms with Gasteiger partial charge in [0.05, 0.1) is 17.6 Å². The Morgan fingerprint density at radius 2 is 1.77 bits per heavy atom. The Kier molecular flexibility index (Phi) is 5.03. The molecule has 2 aromatic carbocycles. The van der Waals surface area contributed by atoms with Gasteiger partial charge in [0.25, 0.3) is 0 Å². The Hall–Kier alpha value is -3.14. The van der Waals surface area contributed by atoms with Crippen molar-refractivity contribution in [3.8, 4) is 0 Å². The molecule has 0 atom stereocenters. The van der Waals surface area contributed by atoms with Gasteiger partial charge in [-0.15, -0.1) is 0 Å². The van der Waals surface area contributed by atoms with Crippen LogP contribution in [0.25, 0.3) is 16.5 Å². The standard InChI is InChI=1S/C22H20O4/c1-4-25-20(23)13-18(16-11-9-14(2)10-12-16)21-15(3)26-19-8-6-5-7-17(19)22(21)24/h5-13H,4H2,1-3H3/b18-13+. The van der Waals surface area contributed by atoms with E-state index in [1.54, 1.807) is 32.0 Å². The average Bonchev–Trinajstić information content (AvgIpc) is 2.62. The van der Waals surface area contributed by atoms with Gasteiger partial charge in [0, 0.05) is 11.6 Å². The van der Waals surface area contributed by atoms with Gasteiger partial charge in [-0.2, -0.15) is 0 Å². The summed E-state index contributed by atoms with van der Waals surface area (Å²) < 4.78 is 10.9. The number of esters is 1. The third-order valence-corrected chi connectivity index (χ3v) is 4.15. The molecule has 0 saturated heterocycles. The number of carbonyl (C=O) groups is 1. The molecule has 26 heavy (non-hydrogen) atoms. The molecule has 0 spiro atoms. The zero-order valence-electron chi connectivity index (χ0n) is 15.0. The van der Waals surface area contributed by atoms with Crippen LogP contribution < -0.4 is 5.43 Å². The molecule has 132 valence electrons. The molecule has 0 aliphatic heterocycles. The van der Waals surface area contributed by atoms with Crippen molar-refractivity contribution >= 4 is 22.5 Å². The van der Waals surface area contributed by atoms with Crippen LogP contribution in [-0.2, 0) is 9.53 Å². The lowest BCUT2D eigenvalue weighted by Crippen LogP contribution is -2.13. The van der Waals surface area contributed by atoms with E-state index < -0.39 is 5.97 Å². The molecule has 3 rings (SSSR count). The maximum Gasteiger partial charge on any atom is 0.331 e. The number of hydrogen-bond donors (Lipinski definition) is 0. The highest BCUT2D eigenvalue weighted by molar-refractivity contribution is 5.97. The fourth-order valence-electron chi connectivity index (χ4n) is 2.90. The Morgan fingerprint density at radius 1 is 1.08 bits per heavy atom. The van der Waals surface area contributed by atoms with Crippen LogP contribution >= 0.6 is 0 Å². The third-order valence-electron chi connectivity index (χ3n) is 4.15. The first kappa shape index (κ1) is 17.7. The van der Waals surface area contributed by atoms with Crippen molar-refractivity contribution in [1.29, 1.82) is 0 Å². The van der Waals surface area contributed by atoms with Crippen LogP contribution in [0.1, 0.15) is 29.4 Å². The molecular weight excluding hydrogens is 328 g/mol. The number of fused-ring (bicyclic) bond motifs is 1. The van der Waals surface area contributed by atoms with Crippen molar-refractivity contribution < 1.29 is 13.9 Å². The number of carbonyl (C=O) groups excluding carboxylic acids is 1. The Balaban J connectivity index is 2.28. The van der Waals surface area contributed by atoms with E-state index in [2.05, 4.69) is 0 Å². The third kappa shape index (κ3) is 3.45. The van der Waals surface area contributed by atoms with Crippen molar-refractivity contribution in [2.45, 2.75) is 20.8 Å². The second-order valence-corrected chi connectivity index (χ2v) is 6.03. The van der Waals surface area contributed by atoms with Gasteiger partial charge in [-0.25, -0.2) is 4.79 Å². The first-order valence-electron chi connectivity index (χ1n) is 8.49. The van der Waals surface area contributed by atoms with Gasteiger partial charge < -0.3 is 9.15 Å². The number of aryl methyl sites for hydroxylation is 2. The average molecular weight is 348 g/mol. The molecule has 0 radical (unpaired) electrons. The largest absolute Gasteiger partial charge is 0.463 e. The first-order valence-corrected chi connectivity index (χ1v) is 8.49. The van der Waals surface area contributed by atoms with E-state index in [-0.39, 0.29) is 12.0 Å². The van der Waals surface area contributed by atoms with Crippen molar-refractivity contribution in [3.63, 3.8) is 0 Å². The van der Waals surface area contributed by atoms with Gasteiger partial charge in [-0.3, -0.25) is 4.79 Å². The van der Waals surface area contributed by atoms with Crippen molar-refractivity contribution in [2.75, 3.05) is 6.61 Å². The lowest BCUT2D eigenvalue weighted by molar-refractivity contribution is -0.137. The normalized spacial score (nSPS) is 11.6. The van der Waals surface area contributed by atoms with Crippen molar-refractivity contribution in [1.82, 2.24) is 0 Å². The second-order valence-electron chi connectivity index (χ2n) is 6.03. The fourth-order valence-corrected chi connectivity index (χ4v) is 2.90. The summed E-state index contributed by atoms with van der Waals surface area (Å²) in [7, 11) is 0. The predicted molar refractivity (Wildman–Crippen MR) is 102 cm³/mol. The number of rotatable bonds is 4. The summed E-state index contributed by atoms with van der Waals surface area (Å²) in [6.07, 6.45) is 1.36. The quantitative estimate of drug-likeness (QED) is 0.518. The zero-order valence-corrected chi connectivity index (χ0v) is 15.0. The Morgan fingerprint density at radius 3 is 2.46 bits per heavy atom. The smallest absolute Gasteiger partial charge is 0.331 e.